The zero-order valence-electron chi connectivity index (χ0n) is 23.5. The Bertz CT molecular complexity index is 440. The van der Waals surface area contributed by atoms with Crippen LogP contribution in [0.1, 0.15) is 124 Å². The molecule has 0 heterocycles. The Hall–Kier alpha value is 0.873. The monoisotopic (exact) mass is 758 g/mol. The van der Waals surface area contributed by atoms with Gasteiger partial charge in [-0.2, -0.15) is 28.8 Å². The second-order valence-corrected chi connectivity index (χ2v) is 13.3. The first-order valence-corrected chi connectivity index (χ1v) is 16.6. The number of carbonyl (C=O) groups excluding carboxylic acids is 2. The number of carbonyl (C=O) groups is 2. The van der Waals surface area contributed by atoms with E-state index in [0.29, 0.717) is 16.8 Å². The van der Waals surface area contributed by atoms with Crippen LogP contribution in [0.25, 0.3) is 0 Å². The van der Waals surface area contributed by atoms with Crippen LogP contribution in [-0.4, -0.2) is 66.4 Å². The van der Waals surface area contributed by atoms with Gasteiger partial charge in [0.1, 0.15) is 0 Å². The standard InChI is InChI=1S/2C11H22O2S.C6H12S.Bi/c2*1-10(2)6-4-3-5-8-14-9-7-11(12)13;7-6-4-2-1-3-5-6;/h2*10H,3-9H2,1-2H3,(H,12,13);6-7H,1-5H2;/q;;;+3/p-3. The average Bonchev–Trinajstić information content (AvgIpc) is 2.78. The molecule has 0 aromatic heterocycles. The Morgan fingerprint density at radius 1 is 0.694 bits per heavy atom. The summed E-state index contributed by atoms with van der Waals surface area (Å²) in [5.74, 6) is 3.33. The molecule has 0 unspecified atom stereocenters. The van der Waals surface area contributed by atoms with Gasteiger partial charge in [0.25, 0.3) is 0 Å². The largest absolute Gasteiger partial charge is 3.00 e. The van der Waals surface area contributed by atoms with Gasteiger partial charge < -0.3 is 32.4 Å². The van der Waals surface area contributed by atoms with Crippen LogP contribution in [0.3, 0.4) is 0 Å². The molecule has 1 fully saturated rings. The molecule has 0 aromatic rings. The normalized spacial score (nSPS) is 13.3. The summed E-state index contributed by atoms with van der Waals surface area (Å²) in [5.41, 5.74) is 0. The van der Waals surface area contributed by atoms with E-state index in [1.807, 2.05) is 0 Å². The molecule has 1 rings (SSSR count). The maximum atomic E-state index is 10.1. The van der Waals surface area contributed by atoms with Crippen molar-refractivity contribution in [3.63, 3.8) is 0 Å². The first kappa shape index (κ1) is 41.4. The van der Waals surface area contributed by atoms with E-state index >= 15 is 0 Å². The zero-order chi connectivity index (χ0) is 26.7. The minimum Gasteiger partial charge on any atom is -0.789 e. The maximum absolute atomic E-state index is 10.1. The molecule has 0 bridgehead atoms. The van der Waals surface area contributed by atoms with Crippen LogP contribution in [0.4, 0.5) is 0 Å². The van der Waals surface area contributed by atoms with Gasteiger partial charge in [0.15, 0.2) is 0 Å². The topological polar surface area (TPSA) is 80.3 Å². The number of hydrogen-bond acceptors (Lipinski definition) is 7. The summed E-state index contributed by atoms with van der Waals surface area (Å²) in [5, 5.41) is 20.8. The van der Waals surface area contributed by atoms with Gasteiger partial charge in [-0.15, -0.1) is 0 Å². The van der Waals surface area contributed by atoms with E-state index in [0.717, 1.165) is 23.3 Å². The summed E-state index contributed by atoms with van der Waals surface area (Å²) in [6.45, 7) is 8.98. The molecular formula is C28H53BiO4S3. The first-order valence-electron chi connectivity index (χ1n) is 13.9. The van der Waals surface area contributed by atoms with E-state index in [4.69, 9.17) is 12.6 Å². The van der Waals surface area contributed by atoms with Gasteiger partial charge in [-0.3, -0.25) is 0 Å². The number of rotatable bonds is 18. The number of carboxylic acids is 2. The first-order chi connectivity index (χ1) is 16.6. The van der Waals surface area contributed by atoms with Crippen LogP contribution in [0.15, 0.2) is 0 Å². The van der Waals surface area contributed by atoms with Crippen LogP contribution in [0.5, 0.6) is 0 Å². The smallest absolute Gasteiger partial charge is 0.789 e. The van der Waals surface area contributed by atoms with Gasteiger partial charge in [0.2, 0.25) is 0 Å². The van der Waals surface area contributed by atoms with Gasteiger partial charge in [0, 0.05) is 11.9 Å². The predicted molar refractivity (Wildman–Crippen MR) is 161 cm³/mol. The van der Waals surface area contributed by atoms with Gasteiger partial charge in [-0.05, 0) is 60.5 Å². The van der Waals surface area contributed by atoms with Gasteiger partial charge >= 0.3 is 26.2 Å². The Kier molecular flexibility index (Phi) is 36.9. The van der Waals surface area contributed by atoms with Crippen molar-refractivity contribution in [2.75, 3.05) is 23.0 Å². The molecule has 0 saturated heterocycles. The van der Waals surface area contributed by atoms with E-state index in [1.54, 1.807) is 23.5 Å². The number of hydrogen-bond donors (Lipinski definition) is 0. The van der Waals surface area contributed by atoms with Crippen LogP contribution in [0.2, 0.25) is 0 Å². The molecule has 8 heteroatoms. The summed E-state index contributed by atoms with van der Waals surface area (Å²) in [6, 6.07) is 0. The van der Waals surface area contributed by atoms with E-state index in [1.165, 1.54) is 83.5 Å². The van der Waals surface area contributed by atoms with Crippen molar-refractivity contribution in [1.82, 2.24) is 0 Å². The summed E-state index contributed by atoms with van der Waals surface area (Å²) in [4.78, 5) is 20.2. The number of carboxylic acid groups (broad SMARTS) is 2. The van der Waals surface area contributed by atoms with Crippen molar-refractivity contribution in [2.24, 2.45) is 11.8 Å². The van der Waals surface area contributed by atoms with E-state index in [-0.39, 0.29) is 39.0 Å². The maximum Gasteiger partial charge on any atom is 3.00 e. The average molecular weight is 759 g/mol. The van der Waals surface area contributed by atoms with Crippen molar-refractivity contribution in [2.45, 2.75) is 129 Å². The van der Waals surface area contributed by atoms with Gasteiger partial charge in [0.05, 0.1) is 0 Å². The molecular weight excluding hydrogens is 705 g/mol. The Labute approximate surface area is 256 Å². The molecule has 0 spiro atoms. The summed E-state index contributed by atoms with van der Waals surface area (Å²) < 4.78 is 0. The van der Waals surface area contributed by atoms with Crippen LogP contribution in [-0.2, 0) is 22.2 Å². The Morgan fingerprint density at radius 2 is 1.08 bits per heavy atom. The number of thioether (sulfide) groups is 2. The van der Waals surface area contributed by atoms with Crippen LogP contribution < -0.4 is 10.2 Å². The molecule has 2 radical (unpaired) electrons. The molecule has 0 aliphatic heterocycles. The van der Waals surface area contributed by atoms with Crippen molar-refractivity contribution >= 4 is 74.3 Å². The fourth-order valence-electron chi connectivity index (χ4n) is 3.45. The number of unbranched alkanes of at least 4 members (excludes halogenated alkanes) is 4. The van der Waals surface area contributed by atoms with E-state index in [9.17, 15) is 19.8 Å². The fourth-order valence-corrected chi connectivity index (χ4v) is 5.63. The minimum atomic E-state index is -0.933. The molecule has 1 saturated carbocycles. The molecule has 36 heavy (non-hydrogen) atoms. The molecule has 1 aliphatic rings. The van der Waals surface area contributed by atoms with Gasteiger partial charge in [-0.25, -0.2) is 0 Å². The summed E-state index contributed by atoms with van der Waals surface area (Å²) >= 11 is 8.53. The third kappa shape index (κ3) is 42.0. The van der Waals surface area contributed by atoms with Crippen molar-refractivity contribution in [3.05, 3.63) is 0 Å². The third-order valence-electron chi connectivity index (χ3n) is 5.59. The van der Waals surface area contributed by atoms with Crippen molar-refractivity contribution in [3.8, 4) is 0 Å². The predicted octanol–water partition coefficient (Wildman–Crippen LogP) is 5.64. The molecule has 212 valence electrons. The molecule has 0 aromatic carbocycles. The second-order valence-electron chi connectivity index (χ2n) is 10.2. The summed E-state index contributed by atoms with van der Waals surface area (Å²) in [6.07, 6.45) is 17.4. The van der Waals surface area contributed by atoms with E-state index in [2.05, 4.69) is 27.7 Å². The van der Waals surface area contributed by atoms with Gasteiger partial charge in [-0.1, -0.05) is 98.3 Å². The van der Waals surface area contributed by atoms with Crippen LogP contribution >= 0.6 is 23.5 Å². The van der Waals surface area contributed by atoms with Crippen molar-refractivity contribution < 1.29 is 19.8 Å². The molecule has 0 atom stereocenters. The molecule has 1 aliphatic carbocycles. The Morgan fingerprint density at radius 3 is 1.36 bits per heavy atom. The second kappa shape index (κ2) is 32.1. The zero-order valence-corrected chi connectivity index (χ0v) is 29.4. The van der Waals surface area contributed by atoms with Crippen LogP contribution in [0, 0.1) is 11.8 Å². The molecule has 4 nitrogen and oxygen atoms in total. The number of aliphatic carboxylic acids is 2. The van der Waals surface area contributed by atoms with Crippen molar-refractivity contribution in [1.29, 1.82) is 0 Å². The molecule has 0 amide bonds. The fraction of sp³-hybridized carbons (Fsp3) is 0.929. The third-order valence-corrected chi connectivity index (χ3v) is 8.21. The SMILES string of the molecule is CC(C)CCCCCSCCC(=O)[O-].CC(C)CCCCCSCCC(=O)[O-].[Bi+3].[S-]C1CCCCC1. The minimum absolute atomic E-state index is 0. The summed E-state index contributed by atoms with van der Waals surface area (Å²) in [7, 11) is 0. The quantitative estimate of drug-likeness (QED) is 0.102. The van der Waals surface area contributed by atoms with E-state index < -0.39 is 11.9 Å². The molecule has 0 N–H and O–H groups in total. The Balaban J connectivity index is -0.000000470.